The molecule has 2 rings (SSSR count). The Morgan fingerprint density at radius 1 is 1.71 bits per heavy atom. The first-order chi connectivity index (χ1) is 8.08. The molecule has 1 unspecified atom stereocenters. The molecule has 1 aliphatic heterocycles. The maximum absolute atomic E-state index is 10.9. The zero-order chi connectivity index (χ0) is 12.4. The van der Waals surface area contributed by atoms with E-state index in [1.165, 1.54) is 11.3 Å². The number of hydrogen-bond acceptors (Lipinski definition) is 4. The highest BCUT2D eigenvalue weighted by Crippen LogP contribution is 2.24. The second-order valence-corrected chi connectivity index (χ2v) is 5.65. The number of carboxylic acids is 1. The Kier molecular flexibility index (Phi) is 3.81. The third-order valence-corrected chi connectivity index (χ3v) is 4.19. The van der Waals surface area contributed by atoms with Crippen LogP contribution in [0.4, 0.5) is 0 Å². The van der Waals surface area contributed by atoms with Crippen LogP contribution in [0.1, 0.15) is 27.0 Å². The fourth-order valence-corrected chi connectivity index (χ4v) is 2.87. The fourth-order valence-electron chi connectivity index (χ4n) is 2.00. The lowest BCUT2D eigenvalue weighted by atomic mass is 10.2. The summed E-state index contributed by atoms with van der Waals surface area (Å²) >= 11 is 1.35. The van der Waals surface area contributed by atoms with Gasteiger partial charge in [0.2, 0.25) is 0 Å². The van der Waals surface area contributed by atoms with Gasteiger partial charge in [0.1, 0.15) is 4.88 Å². The van der Waals surface area contributed by atoms with Crippen molar-refractivity contribution in [2.45, 2.75) is 26.4 Å². The molecule has 1 fully saturated rings. The first-order valence-electron chi connectivity index (χ1n) is 5.72. The average molecular weight is 255 g/mol. The monoisotopic (exact) mass is 255 g/mol. The van der Waals surface area contributed by atoms with Crippen LogP contribution in [-0.4, -0.2) is 41.8 Å². The topological polar surface area (TPSA) is 49.8 Å². The lowest BCUT2D eigenvalue weighted by Crippen LogP contribution is -2.42. The summed E-state index contributed by atoms with van der Waals surface area (Å²) in [4.78, 5) is 14.8. The number of carboxylic acid groups (broad SMARTS) is 1. The van der Waals surface area contributed by atoms with Crippen LogP contribution < -0.4 is 0 Å². The highest BCUT2D eigenvalue weighted by atomic mass is 32.1. The molecule has 1 aromatic rings. The minimum atomic E-state index is -0.834. The minimum Gasteiger partial charge on any atom is -0.477 e. The molecule has 0 bridgehead atoms. The van der Waals surface area contributed by atoms with Gasteiger partial charge in [0.05, 0.1) is 13.2 Å². The maximum atomic E-state index is 10.9. The second kappa shape index (κ2) is 5.16. The highest BCUT2D eigenvalue weighted by Gasteiger charge is 2.20. The summed E-state index contributed by atoms with van der Waals surface area (Å²) in [6.45, 7) is 7.38. The summed E-state index contributed by atoms with van der Waals surface area (Å²) in [5.41, 5.74) is 1.13. The first kappa shape index (κ1) is 12.5. The molecule has 0 aromatic carbocycles. The molecule has 17 heavy (non-hydrogen) atoms. The predicted molar refractivity (Wildman–Crippen MR) is 66.7 cm³/mol. The third-order valence-electron chi connectivity index (χ3n) is 3.11. The highest BCUT2D eigenvalue weighted by molar-refractivity contribution is 7.14. The van der Waals surface area contributed by atoms with E-state index in [0.29, 0.717) is 10.9 Å². The van der Waals surface area contributed by atoms with Crippen molar-refractivity contribution in [3.63, 3.8) is 0 Å². The van der Waals surface area contributed by atoms with Crippen molar-refractivity contribution in [1.29, 1.82) is 0 Å². The van der Waals surface area contributed by atoms with Gasteiger partial charge < -0.3 is 9.84 Å². The van der Waals surface area contributed by atoms with Gasteiger partial charge in [-0.3, -0.25) is 4.90 Å². The number of aryl methyl sites for hydroxylation is 1. The quantitative estimate of drug-likeness (QED) is 0.897. The molecule has 1 aliphatic rings. The first-order valence-corrected chi connectivity index (χ1v) is 6.54. The molecule has 1 aromatic heterocycles. The van der Waals surface area contributed by atoms with Crippen LogP contribution in [0.5, 0.6) is 0 Å². The Morgan fingerprint density at radius 3 is 3.06 bits per heavy atom. The van der Waals surface area contributed by atoms with E-state index in [-0.39, 0.29) is 0 Å². The van der Waals surface area contributed by atoms with Crippen LogP contribution in [-0.2, 0) is 11.3 Å². The molecular formula is C12H17NO3S. The Balaban J connectivity index is 2.09. The van der Waals surface area contributed by atoms with Gasteiger partial charge in [-0.15, -0.1) is 11.3 Å². The molecule has 5 heteroatoms. The zero-order valence-electron chi connectivity index (χ0n) is 10.1. The summed E-state index contributed by atoms with van der Waals surface area (Å²) in [7, 11) is 0. The molecule has 0 saturated carbocycles. The fraction of sp³-hybridized carbons (Fsp3) is 0.583. The Labute approximate surface area is 105 Å². The van der Waals surface area contributed by atoms with Crippen molar-refractivity contribution in [2.24, 2.45) is 0 Å². The van der Waals surface area contributed by atoms with Crippen LogP contribution in [0, 0.1) is 6.92 Å². The van der Waals surface area contributed by atoms with Crippen LogP contribution in [0.25, 0.3) is 0 Å². The number of rotatable bonds is 3. The van der Waals surface area contributed by atoms with Gasteiger partial charge in [0.15, 0.2) is 0 Å². The smallest absolute Gasteiger partial charge is 0.345 e. The molecule has 1 N–H and O–H groups in total. The largest absolute Gasteiger partial charge is 0.477 e. The van der Waals surface area contributed by atoms with Gasteiger partial charge in [0.25, 0.3) is 0 Å². The van der Waals surface area contributed by atoms with Gasteiger partial charge in [-0.2, -0.15) is 0 Å². The van der Waals surface area contributed by atoms with E-state index in [4.69, 9.17) is 9.84 Å². The van der Waals surface area contributed by atoms with Gasteiger partial charge in [-0.1, -0.05) is 0 Å². The van der Waals surface area contributed by atoms with Gasteiger partial charge in [0, 0.05) is 24.0 Å². The molecule has 1 saturated heterocycles. The lowest BCUT2D eigenvalue weighted by Gasteiger charge is -2.33. The second-order valence-electron chi connectivity index (χ2n) is 4.39. The van der Waals surface area contributed by atoms with Crippen LogP contribution in [0.2, 0.25) is 0 Å². The Morgan fingerprint density at radius 2 is 2.47 bits per heavy atom. The summed E-state index contributed by atoms with van der Waals surface area (Å²) in [5.74, 6) is -0.834. The molecule has 0 spiro atoms. The SMILES string of the molecule is Cc1sc(C(=O)O)cc1CN1CCOCC1C. The number of carbonyl (C=O) groups is 1. The standard InChI is InChI=1S/C12H17NO3S/c1-8-7-16-4-3-13(8)6-10-5-11(12(14)15)17-9(10)2/h5,8H,3-4,6-7H2,1-2H3,(H,14,15). The van der Waals surface area contributed by atoms with E-state index in [2.05, 4.69) is 11.8 Å². The normalized spacial score (nSPS) is 21.6. The van der Waals surface area contributed by atoms with Gasteiger partial charge in [-0.25, -0.2) is 4.79 Å². The van der Waals surface area contributed by atoms with E-state index in [9.17, 15) is 4.79 Å². The molecule has 0 amide bonds. The number of ether oxygens (including phenoxy) is 1. The third kappa shape index (κ3) is 2.86. The van der Waals surface area contributed by atoms with E-state index >= 15 is 0 Å². The average Bonchev–Trinajstić information content (AvgIpc) is 2.64. The minimum absolute atomic E-state index is 0.399. The van der Waals surface area contributed by atoms with Crippen molar-refractivity contribution >= 4 is 17.3 Å². The van der Waals surface area contributed by atoms with Crippen LogP contribution in [0.3, 0.4) is 0 Å². The molecule has 2 heterocycles. The van der Waals surface area contributed by atoms with Gasteiger partial charge in [-0.05, 0) is 25.5 Å². The number of hydrogen-bond donors (Lipinski definition) is 1. The maximum Gasteiger partial charge on any atom is 0.345 e. The molecular weight excluding hydrogens is 238 g/mol. The molecule has 0 aliphatic carbocycles. The number of morpholine rings is 1. The molecule has 94 valence electrons. The number of nitrogens with zero attached hydrogens (tertiary/aromatic N) is 1. The van der Waals surface area contributed by atoms with Crippen molar-refractivity contribution in [1.82, 2.24) is 4.90 Å². The van der Waals surface area contributed by atoms with Crippen molar-refractivity contribution < 1.29 is 14.6 Å². The lowest BCUT2D eigenvalue weighted by molar-refractivity contribution is -0.00439. The van der Waals surface area contributed by atoms with E-state index in [0.717, 1.165) is 36.7 Å². The summed E-state index contributed by atoms with van der Waals surface area (Å²) < 4.78 is 5.39. The molecule has 4 nitrogen and oxygen atoms in total. The molecule has 0 radical (unpaired) electrons. The molecule has 1 atom stereocenters. The summed E-state index contributed by atoms with van der Waals surface area (Å²) in [6.07, 6.45) is 0. The Bertz CT molecular complexity index is 416. The number of aromatic carboxylic acids is 1. The summed E-state index contributed by atoms with van der Waals surface area (Å²) in [6, 6.07) is 2.20. The van der Waals surface area contributed by atoms with E-state index in [1.807, 2.05) is 6.92 Å². The zero-order valence-corrected chi connectivity index (χ0v) is 10.9. The van der Waals surface area contributed by atoms with Gasteiger partial charge >= 0.3 is 5.97 Å². The van der Waals surface area contributed by atoms with Crippen molar-refractivity contribution in [3.8, 4) is 0 Å². The Hall–Kier alpha value is -0.910. The van der Waals surface area contributed by atoms with Crippen molar-refractivity contribution in [3.05, 3.63) is 21.4 Å². The van der Waals surface area contributed by atoms with Crippen LogP contribution >= 0.6 is 11.3 Å². The predicted octanol–water partition coefficient (Wildman–Crippen LogP) is 1.98. The van der Waals surface area contributed by atoms with E-state index < -0.39 is 5.97 Å². The number of thiophene rings is 1. The van der Waals surface area contributed by atoms with Crippen molar-refractivity contribution in [2.75, 3.05) is 19.8 Å². The summed E-state index contributed by atoms with van der Waals surface area (Å²) in [5, 5.41) is 8.96. The van der Waals surface area contributed by atoms with Crippen LogP contribution in [0.15, 0.2) is 6.07 Å². The van der Waals surface area contributed by atoms with E-state index in [1.54, 1.807) is 6.07 Å².